The largest absolute Gasteiger partial charge is 0.342 e. The van der Waals surface area contributed by atoms with Crippen molar-refractivity contribution in [2.75, 3.05) is 0 Å². The predicted octanol–water partition coefficient (Wildman–Crippen LogP) is 7.04. The van der Waals surface area contributed by atoms with E-state index in [1.165, 1.54) is 59.9 Å². The average Bonchev–Trinajstić information content (AvgIpc) is 3.31. The number of rotatable bonds is 0. The molecule has 0 unspecified atom stereocenters. The van der Waals surface area contributed by atoms with E-state index in [0.29, 0.717) is 0 Å². The topological polar surface area (TPSA) is 9.34 Å². The van der Waals surface area contributed by atoms with Crippen LogP contribution < -0.4 is 0 Å². The molecular formula is C27H18N2. The molecule has 0 spiro atoms. The molecule has 0 saturated heterocycles. The molecule has 7 aromatic rings. The van der Waals surface area contributed by atoms with Gasteiger partial charge in [-0.2, -0.15) is 0 Å². The summed E-state index contributed by atoms with van der Waals surface area (Å²) in [5.74, 6) is 0. The van der Waals surface area contributed by atoms with Gasteiger partial charge in [0.15, 0.2) is 0 Å². The van der Waals surface area contributed by atoms with Gasteiger partial charge in [0, 0.05) is 39.5 Å². The fourth-order valence-corrected chi connectivity index (χ4v) is 5.24. The highest BCUT2D eigenvalue weighted by Crippen LogP contribution is 2.39. The van der Waals surface area contributed by atoms with Crippen LogP contribution in [0, 0.1) is 0 Å². The number of hydrogen-bond donors (Lipinski definition) is 0. The number of nitrogens with zero attached hydrogens (tertiary/aromatic N) is 2. The van der Waals surface area contributed by atoms with Gasteiger partial charge in [0.1, 0.15) is 0 Å². The van der Waals surface area contributed by atoms with E-state index in [1.54, 1.807) is 0 Å². The Morgan fingerprint density at radius 2 is 1.07 bits per heavy atom. The van der Waals surface area contributed by atoms with Crippen molar-refractivity contribution in [2.24, 2.45) is 7.05 Å². The van der Waals surface area contributed by atoms with Crippen molar-refractivity contribution in [2.45, 2.75) is 0 Å². The lowest BCUT2D eigenvalue weighted by molar-refractivity contribution is 1.02. The van der Waals surface area contributed by atoms with E-state index in [-0.39, 0.29) is 0 Å². The molecule has 0 aliphatic heterocycles. The molecule has 4 aromatic carbocycles. The van der Waals surface area contributed by atoms with Gasteiger partial charge in [0.2, 0.25) is 0 Å². The van der Waals surface area contributed by atoms with Crippen molar-refractivity contribution in [3.8, 4) is 0 Å². The number of pyridine rings is 1. The monoisotopic (exact) mass is 370 g/mol. The van der Waals surface area contributed by atoms with Gasteiger partial charge in [0.25, 0.3) is 0 Å². The molecule has 0 bridgehead atoms. The molecule has 0 radical (unpaired) electrons. The fraction of sp³-hybridized carbons (Fsp3) is 0.0370. The van der Waals surface area contributed by atoms with Gasteiger partial charge in [-0.25, -0.2) is 0 Å². The van der Waals surface area contributed by atoms with E-state index in [0.717, 1.165) is 0 Å². The Balaban J connectivity index is 1.89. The van der Waals surface area contributed by atoms with Gasteiger partial charge in [-0.3, -0.25) is 0 Å². The zero-order valence-electron chi connectivity index (χ0n) is 16.1. The van der Waals surface area contributed by atoms with Crippen LogP contribution >= 0.6 is 0 Å². The molecule has 0 saturated carbocycles. The van der Waals surface area contributed by atoms with Crippen LogP contribution in [-0.4, -0.2) is 8.97 Å². The molecule has 0 atom stereocenters. The highest BCUT2D eigenvalue weighted by molar-refractivity contribution is 6.22. The van der Waals surface area contributed by atoms with E-state index in [4.69, 9.17) is 0 Å². The Kier molecular flexibility index (Phi) is 2.71. The van der Waals surface area contributed by atoms with Crippen molar-refractivity contribution in [1.29, 1.82) is 0 Å². The van der Waals surface area contributed by atoms with E-state index >= 15 is 0 Å². The molecule has 0 aliphatic rings. The van der Waals surface area contributed by atoms with Crippen molar-refractivity contribution >= 4 is 59.9 Å². The summed E-state index contributed by atoms with van der Waals surface area (Å²) < 4.78 is 4.82. The zero-order chi connectivity index (χ0) is 19.1. The van der Waals surface area contributed by atoms with Gasteiger partial charge in [-0.1, -0.05) is 72.8 Å². The molecule has 0 amide bonds. The molecule has 2 heteroatoms. The molecule has 3 aromatic heterocycles. The number of para-hydroxylation sites is 2. The first-order chi connectivity index (χ1) is 14.3. The minimum Gasteiger partial charge on any atom is -0.342 e. The third-order valence-electron chi connectivity index (χ3n) is 6.47. The maximum atomic E-state index is 2.47. The zero-order valence-corrected chi connectivity index (χ0v) is 16.1. The normalized spacial score (nSPS) is 12.3. The predicted molar refractivity (Wildman–Crippen MR) is 124 cm³/mol. The quantitative estimate of drug-likeness (QED) is 0.253. The lowest BCUT2D eigenvalue weighted by Gasteiger charge is -2.11. The van der Waals surface area contributed by atoms with Crippen molar-refractivity contribution in [3.63, 3.8) is 0 Å². The van der Waals surface area contributed by atoms with Gasteiger partial charge < -0.3 is 8.97 Å². The summed E-state index contributed by atoms with van der Waals surface area (Å²) >= 11 is 0. The minimum absolute atomic E-state index is 1.26. The summed E-state index contributed by atoms with van der Waals surface area (Å²) in [6.45, 7) is 0. The second kappa shape index (κ2) is 5.18. The maximum absolute atomic E-state index is 2.47. The van der Waals surface area contributed by atoms with Crippen LogP contribution in [0.4, 0.5) is 0 Å². The van der Waals surface area contributed by atoms with E-state index in [9.17, 15) is 0 Å². The van der Waals surface area contributed by atoms with Crippen molar-refractivity contribution < 1.29 is 0 Å². The molecule has 2 nitrogen and oxygen atoms in total. The highest BCUT2D eigenvalue weighted by atomic mass is 15.0. The third-order valence-corrected chi connectivity index (χ3v) is 6.47. The Morgan fingerprint density at radius 1 is 0.483 bits per heavy atom. The summed E-state index contributed by atoms with van der Waals surface area (Å²) in [7, 11) is 2.19. The summed E-state index contributed by atoms with van der Waals surface area (Å²) in [6.07, 6.45) is 0. The molecule has 0 N–H and O–H groups in total. The van der Waals surface area contributed by atoms with Crippen LogP contribution in [-0.2, 0) is 7.05 Å². The molecular weight excluding hydrogens is 352 g/mol. The van der Waals surface area contributed by atoms with Gasteiger partial charge >= 0.3 is 0 Å². The number of aryl methyl sites for hydroxylation is 1. The Morgan fingerprint density at radius 3 is 1.83 bits per heavy atom. The summed E-state index contributed by atoms with van der Waals surface area (Å²) in [4.78, 5) is 0. The Bertz CT molecular complexity index is 1760. The van der Waals surface area contributed by atoms with Crippen LogP contribution in [0.1, 0.15) is 0 Å². The number of fused-ring (bicyclic) bond motifs is 12. The lowest BCUT2D eigenvalue weighted by atomic mass is 10.1. The SMILES string of the molecule is Cn1c2ccccc2c2ccc3cc4c5ccccc5c5ccccc5n4c3c21. The molecule has 0 aliphatic carbocycles. The second-order valence-corrected chi connectivity index (χ2v) is 7.90. The van der Waals surface area contributed by atoms with Crippen LogP contribution in [0.25, 0.3) is 59.9 Å². The van der Waals surface area contributed by atoms with Crippen LogP contribution in [0.2, 0.25) is 0 Å². The summed E-state index contributed by atoms with van der Waals surface area (Å²) in [6, 6.07) is 33.1. The van der Waals surface area contributed by atoms with Crippen molar-refractivity contribution in [1.82, 2.24) is 8.97 Å². The van der Waals surface area contributed by atoms with Crippen LogP contribution in [0.5, 0.6) is 0 Å². The number of hydrogen-bond acceptors (Lipinski definition) is 0. The lowest BCUT2D eigenvalue weighted by Crippen LogP contribution is -1.93. The van der Waals surface area contributed by atoms with E-state index < -0.39 is 0 Å². The first-order valence-electron chi connectivity index (χ1n) is 10.0. The summed E-state index contributed by atoms with van der Waals surface area (Å²) in [5, 5.41) is 7.81. The molecule has 7 rings (SSSR count). The van der Waals surface area contributed by atoms with E-state index in [2.05, 4.69) is 107 Å². The van der Waals surface area contributed by atoms with Crippen LogP contribution in [0.3, 0.4) is 0 Å². The molecule has 136 valence electrons. The smallest absolute Gasteiger partial charge is 0.0779 e. The van der Waals surface area contributed by atoms with Crippen LogP contribution in [0.15, 0.2) is 91.0 Å². The molecule has 3 heterocycles. The number of aromatic nitrogens is 2. The second-order valence-electron chi connectivity index (χ2n) is 7.90. The third kappa shape index (κ3) is 1.77. The van der Waals surface area contributed by atoms with Gasteiger partial charge in [-0.15, -0.1) is 0 Å². The Labute approximate surface area is 167 Å². The highest BCUT2D eigenvalue weighted by Gasteiger charge is 2.17. The first kappa shape index (κ1) is 15.2. The number of benzene rings is 4. The maximum Gasteiger partial charge on any atom is 0.0779 e. The van der Waals surface area contributed by atoms with E-state index in [1.807, 2.05) is 0 Å². The average molecular weight is 370 g/mol. The molecule has 0 fully saturated rings. The molecule has 29 heavy (non-hydrogen) atoms. The van der Waals surface area contributed by atoms with Crippen molar-refractivity contribution in [3.05, 3.63) is 91.0 Å². The fourth-order valence-electron chi connectivity index (χ4n) is 5.24. The standard InChI is InChI=1S/C27H18N2/c1-28-23-12-6-4-11-21(23)22-15-14-17-16-25-20-10-3-2-8-18(20)19-9-5-7-13-24(19)29(25)26(17)27(22)28/h2-16H,1H3. The van der Waals surface area contributed by atoms with Gasteiger partial charge in [-0.05, 0) is 23.6 Å². The van der Waals surface area contributed by atoms with Gasteiger partial charge in [0.05, 0.1) is 22.1 Å². The Hall–Kier alpha value is -3.78. The minimum atomic E-state index is 1.26. The first-order valence-corrected chi connectivity index (χ1v) is 10.0. The summed E-state index contributed by atoms with van der Waals surface area (Å²) in [5.41, 5.74) is 6.39.